The molecule has 1 heterocycles. The Morgan fingerprint density at radius 3 is 2.78 bits per heavy atom. The van der Waals surface area contributed by atoms with Crippen molar-refractivity contribution in [2.24, 2.45) is 0 Å². The molecule has 2 rings (SSSR count). The third kappa shape index (κ3) is 2.21. The molecule has 0 radical (unpaired) electrons. The number of aromatic nitrogens is 1. The number of halogens is 2. The summed E-state index contributed by atoms with van der Waals surface area (Å²) in [4.78, 5) is 26.4. The predicted octanol–water partition coefficient (Wildman–Crippen LogP) is 3.01. The molecule has 0 aliphatic carbocycles. The Balaban J connectivity index is 2.72. The van der Waals surface area contributed by atoms with Crippen molar-refractivity contribution in [3.63, 3.8) is 0 Å². The summed E-state index contributed by atoms with van der Waals surface area (Å²) >= 11 is 11.7. The molecule has 0 bridgehead atoms. The molecular weight excluding hydrogens is 277 g/mol. The van der Waals surface area contributed by atoms with Crippen LogP contribution in [0.3, 0.4) is 0 Å². The first kappa shape index (κ1) is 12.9. The largest absolute Gasteiger partial charge is 0.461 e. The Morgan fingerprint density at radius 2 is 2.11 bits per heavy atom. The lowest BCUT2D eigenvalue weighted by Crippen LogP contribution is -2.15. The molecule has 6 heteroatoms. The van der Waals surface area contributed by atoms with Gasteiger partial charge in [-0.15, -0.1) is 0 Å². The summed E-state index contributed by atoms with van der Waals surface area (Å²) in [5, 5.41) is 0.566. The Bertz CT molecular complexity index is 679. The summed E-state index contributed by atoms with van der Waals surface area (Å²) in [7, 11) is 0. The van der Waals surface area contributed by atoms with Crippen LogP contribution in [-0.2, 0) is 4.74 Å². The fourth-order valence-electron chi connectivity index (χ4n) is 1.58. The highest BCUT2D eigenvalue weighted by Crippen LogP contribution is 2.19. The van der Waals surface area contributed by atoms with Crippen molar-refractivity contribution in [2.75, 3.05) is 6.61 Å². The Morgan fingerprint density at radius 1 is 1.39 bits per heavy atom. The number of hydrogen-bond acceptors (Lipinski definition) is 3. The number of rotatable bonds is 2. The number of H-pyrrole nitrogens is 1. The van der Waals surface area contributed by atoms with Gasteiger partial charge in [0.15, 0.2) is 0 Å². The second-order valence-electron chi connectivity index (χ2n) is 3.55. The van der Waals surface area contributed by atoms with Gasteiger partial charge in [0.25, 0.3) is 0 Å². The second-order valence-corrected chi connectivity index (χ2v) is 4.37. The minimum atomic E-state index is -0.656. The van der Waals surface area contributed by atoms with Gasteiger partial charge in [-0.25, -0.2) is 4.79 Å². The molecule has 0 spiro atoms. The second kappa shape index (κ2) is 5.00. The number of aromatic amines is 1. The van der Waals surface area contributed by atoms with Gasteiger partial charge in [-0.05, 0) is 25.1 Å². The van der Waals surface area contributed by atoms with Crippen LogP contribution in [0.2, 0.25) is 10.0 Å². The van der Waals surface area contributed by atoms with Gasteiger partial charge in [-0.2, -0.15) is 0 Å². The van der Waals surface area contributed by atoms with Gasteiger partial charge in [0.2, 0.25) is 5.43 Å². The first-order valence-corrected chi connectivity index (χ1v) is 5.98. The molecule has 0 fully saturated rings. The first-order chi connectivity index (χ1) is 8.54. The number of hydrogen-bond donors (Lipinski definition) is 1. The molecule has 0 saturated carbocycles. The summed E-state index contributed by atoms with van der Waals surface area (Å²) in [6.45, 7) is 1.88. The number of ether oxygens (including phenoxy) is 1. The molecule has 1 aromatic carbocycles. The van der Waals surface area contributed by atoms with E-state index in [1.54, 1.807) is 19.1 Å². The first-order valence-electron chi connectivity index (χ1n) is 5.22. The van der Waals surface area contributed by atoms with Gasteiger partial charge < -0.3 is 9.72 Å². The molecule has 4 nitrogen and oxygen atoms in total. The predicted molar refractivity (Wildman–Crippen MR) is 70.5 cm³/mol. The van der Waals surface area contributed by atoms with Crippen LogP contribution in [0, 0.1) is 0 Å². The van der Waals surface area contributed by atoms with Crippen molar-refractivity contribution in [3.8, 4) is 0 Å². The smallest absolute Gasteiger partial charge is 0.356 e. The summed E-state index contributed by atoms with van der Waals surface area (Å²) in [6.07, 6.45) is 0. The minimum Gasteiger partial charge on any atom is -0.461 e. The zero-order valence-corrected chi connectivity index (χ0v) is 10.9. The number of esters is 1. The van der Waals surface area contributed by atoms with Crippen molar-refractivity contribution in [1.29, 1.82) is 0 Å². The molecule has 94 valence electrons. The average molecular weight is 286 g/mol. The maximum absolute atomic E-state index is 12.0. The molecule has 1 aromatic heterocycles. The number of benzene rings is 1. The molecule has 1 N–H and O–H groups in total. The van der Waals surface area contributed by atoms with Crippen molar-refractivity contribution in [1.82, 2.24) is 4.98 Å². The zero-order chi connectivity index (χ0) is 13.3. The number of pyridine rings is 1. The topological polar surface area (TPSA) is 59.2 Å². The molecule has 0 amide bonds. The lowest BCUT2D eigenvalue weighted by atomic mass is 10.2. The molecule has 0 unspecified atom stereocenters. The highest BCUT2D eigenvalue weighted by Gasteiger charge is 2.17. The van der Waals surface area contributed by atoms with E-state index < -0.39 is 11.4 Å². The van der Waals surface area contributed by atoms with Crippen molar-refractivity contribution in [2.45, 2.75) is 6.92 Å². The third-order valence-electron chi connectivity index (χ3n) is 2.38. The van der Waals surface area contributed by atoms with E-state index in [1.165, 1.54) is 6.07 Å². The minimum absolute atomic E-state index is 0.0432. The average Bonchev–Trinajstić information content (AvgIpc) is 2.34. The quantitative estimate of drug-likeness (QED) is 0.863. The molecule has 0 aliphatic rings. The standard InChI is InChI=1S/C12H9Cl2NO3/c1-2-18-12(17)10-9(14)11(16)7-5-6(13)3-4-8(7)15-10/h3-5H,2H2,1H3,(H,15,16). The van der Waals surface area contributed by atoms with Crippen LogP contribution < -0.4 is 5.43 Å². The van der Waals surface area contributed by atoms with Crippen LogP contribution in [-0.4, -0.2) is 17.6 Å². The molecule has 2 aromatic rings. The number of nitrogens with one attached hydrogen (secondary N) is 1. The Kier molecular flexibility index (Phi) is 3.59. The van der Waals surface area contributed by atoms with E-state index in [1.807, 2.05) is 0 Å². The van der Waals surface area contributed by atoms with E-state index in [2.05, 4.69) is 4.98 Å². The van der Waals surface area contributed by atoms with E-state index in [4.69, 9.17) is 27.9 Å². The van der Waals surface area contributed by atoms with Gasteiger partial charge in [0, 0.05) is 10.4 Å². The number of carbonyl (C=O) groups excluding carboxylic acids is 1. The van der Waals surface area contributed by atoms with Crippen molar-refractivity contribution < 1.29 is 9.53 Å². The fraction of sp³-hybridized carbons (Fsp3) is 0.167. The SMILES string of the molecule is CCOC(=O)c1[nH]c2ccc(Cl)cc2c(=O)c1Cl. The van der Waals surface area contributed by atoms with E-state index in [9.17, 15) is 9.59 Å². The van der Waals surface area contributed by atoms with E-state index >= 15 is 0 Å². The van der Waals surface area contributed by atoms with E-state index in [0.717, 1.165) is 0 Å². The van der Waals surface area contributed by atoms with Crippen LogP contribution in [0.1, 0.15) is 17.4 Å². The van der Waals surface area contributed by atoms with Crippen molar-refractivity contribution in [3.05, 3.63) is 44.2 Å². The lowest BCUT2D eigenvalue weighted by Gasteiger charge is -2.06. The van der Waals surface area contributed by atoms with Gasteiger partial charge in [0.1, 0.15) is 10.7 Å². The molecule has 0 aliphatic heterocycles. The van der Waals surface area contributed by atoms with Gasteiger partial charge >= 0.3 is 5.97 Å². The normalized spacial score (nSPS) is 10.6. The van der Waals surface area contributed by atoms with Gasteiger partial charge in [0.05, 0.1) is 12.1 Å². The summed E-state index contributed by atoms with van der Waals surface area (Å²) in [6, 6.07) is 4.72. The Labute approximate surface area is 112 Å². The monoisotopic (exact) mass is 285 g/mol. The van der Waals surface area contributed by atoms with Gasteiger partial charge in [-0.1, -0.05) is 23.2 Å². The highest BCUT2D eigenvalue weighted by molar-refractivity contribution is 6.34. The zero-order valence-electron chi connectivity index (χ0n) is 9.42. The molecule has 0 saturated heterocycles. The van der Waals surface area contributed by atoms with Gasteiger partial charge in [-0.3, -0.25) is 4.79 Å². The van der Waals surface area contributed by atoms with Crippen LogP contribution in [0.25, 0.3) is 10.9 Å². The van der Waals surface area contributed by atoms with Crippen LogP contribution in [0.15, 0.2) is 23.0 Å². The van der Waals surface area contributed by atoms with Crippen LogP contribution in [0.4, 0.5) is 0 Å². The summed E-state index contributed by atoms with van der Waals surface area (Å²) in [5.74, 6) is -0.656. The highest BCUT2D eigenvalue weighted by atomic mass is 35.5. The molecule has 0 atom stereocenters. The molecule has 18 heavy (non-hydrogen) atoms. The Hall–Kier alpha value is -1.52. The lowest BCUT2D eigenvalue weighted by molar-refractivity contribution is 0.0520. The maximum atomic E-state index is 12.0. The van der Waals surface area contributed by atoms with Crippen molar-refractivity contribution >= 4 is 40.1 Å². The molecular formula is C12H9Cl2NO3. The fourth-order valence-corrected chi connectivity index (χ4v) is 1.98. The summed E-state index contributed by atoms with van der Waals surface area (Å²) in [5.41, 5.74) is -0.00818. The van der Waals surface area contributed by atoms with E-state index in [0.29, 0.717) is 15.9 Å². The van der Waals surface area contributed by atoms with Crippen LogP contribution >= 0.6 is 23.2 Å². The maximum Gasteiger partial charge on any atom is 0.356 e. The third-order valence-corrected chi connectivity index (χ3v) is 2.98. The van der Waals surface area contributed by atoms with E-state index in [-0.39, 0.29) is 17.3 Å². The number of carbonyl (C=O) groups is 1. The number of fused-ring (bicyclic) bond motifs is 1. The van der Waals surface area contributed by atoms with Crippen LogP contribution in [0.5, 0.6) is 0 Å². The summed E-state index contributed by atoms with van der Waals surface area (Å²) < 4.78 is 4.82.